The largest absolute Gasteiger partial charge is 0.508 e. The normalized spacial score (nSPS) is 11.2. The highest BCUT2D eigenvalue weighted by Gasteiger charge is 2.03. The zero-order valence-electron chi connectivity index (χ0n) is 10.8. The second-order valence-corrected chi connectivity index (χ2v) is 4.16. The molecule has 20 heavy (non-hydrogen) atoms. The molecule has 6 heteroatoms. The van der Waals surface area contributed by atoms with E-state index < -0.39 is 4.92 Å². The predicted molar refractivity (Wildman–Crippen MR) is 77.0 cm³/mol. The molecule has 0 unspecified atom stereocenters. The van der Waals surface area contributed by atoms with Gasteiger partial charge in [0.15, 0.2) is 0 Å². The zero-order valence-corrected chi connectivity index (χ0v) is 10.8. The van der Waals surface area contributed by atoms with Crippen molar-refractivity contribution in [2.45, 2.75) is 6.92 Å². The Bertz CT molecular complexity index is 634. The third kappa shape index (κ3) is 3.32. The van der Waals surface area contributed by atoms with Gasteiger partial charge in [-0.25, -0.2) is 0 Å². The highest BCUT2D eigenvalue weighted by Crippen LogP contribution is 2.16. The van der Waals surface area contributed by atoms with E-state index in [0.717, 1.165) is 11.3 Å². The molecule has 102 valence electrons. The molecule has 0 saturated carbocycles. The molecule has 0 radical (unpaired) electrons. The van der Waals surface area contributed by atoms with Crippen molar-refractivity contribution in [2.24, 2.45) is 5.10 Å². The van der Waals surface area contributed by atoms with E-state index in [0.29, 0.717) is 5.69 Å². The minimum Gasteiger partial charge on any atom is -0.508 e. The lowest BCUT2D eigenvalue weighted by molar-refractivity contribution is -0.384. The van der Waals surface area contributed by atoms with Gasteiger partial charge in [0.25, 0.3) is 5.69 Å². The quantitative estimate of drug-likeness (QED) is 0.508. The number of non-ortho nitro benzene ring substituents is 1. The second kappa shape index (κ2) is 5.83. The van der Waals surface area contributed by atoms with Gasteiger partial charge in [-0.2, -0.15) is 5.10 Å². The number of phenols is 1. The molecule has 0 bridgehead atoms. The van der Waals surface area contributed by atoms with Crippen molar-refractivity contribution in [1.82, 2.24) is 0 Å². The van der Waals surface area contributed by atoms with Gasteiger partial charge in [-0.1, -0.05) is 0 Å². The number of nitrogens with zero attached hydrogens (tertiary/aromatic N) is 2. The SMILES string of the molecule is C/C(=N/Nc1ccc([N+](=O)[O-])cc1)c1ccc(O)cc1. The van der Waals surface area contributed by atoms with E-state index >= 15 is 0 Å². The van der Waals surface area contributed by atoms with Crippen LogP contribution in [0.5, 0.6) is 5.75 Å². The Balaban J connectivity index is 2.08. The summed E-state index contributed by atoms with van der Waals surface area (Å²) in [5.74, 6) is 0.199. The van der Waals surface area contributed by atoms with Crippen LogP contribution in [0.1, 0.15) is 12.5 Å². The summed E-state index contributed by atoms with van der Waals surface area (Å²) < 4.78 is 0. The summed E-state index contributed by atoms with van der Waals surface area (Å²) in [4.78, 5) is 10.1. The molecule has 0 atom stereocenters. The highest BCUT2D eigenvalue weighted by molar-refractivity contribution is 5.99. The minimum atomic E-state index is -0.450. The average molecular weight is 271 g/mol. The van der Waals surface area contributed by atoms with Crippen molar-refractivity contribution < 1.29 is 10.0 Å². The summed E-state index contributed by atoms with van der Waals surface area (Å²) in [6.07, 6.45) is 0. The summed E-state index contributed by atoms with van der Waals surface area (Å²) in [5.41, 5.74) is 5.14. The summed E-state index contributed by atoms with van der Waals surface area (Å²) >= 11 is 0. The molecule has 0 spiro atoms. The standard InChI is InChI=1S/C14H13N3O3/c1-10(11-2-8-14(18)9-3-11)15-16-12-4-6-13(7-5-12)17(19)20/h2-9,16,18H,1H3/b15-10-. The van der Waals surface area contributed by atoms with Crippen LogP contribution in [-0.2, 0) is 0 Å². The molecule has 0 amide bonds. The highest BCUT2D eigenvalue weighted by atomic mass is 16.6. The number of hydrazone groups is 1. The maximum absolute atomic E-state index is 10.5. The van der Waals surface area contributed by atoms with E-state index in [2.05, 4.69) is 10.5 Å². The van der Waals surface area contributed by atoms with Gasteiger partial charge >= 0.3 is 0 Å². The van der Waals surface area contributed by atoms with Crippen molar-refractivity contribution in [2.75, 3.05) is 5.43 Å². The summed E-state index contributed by atoms with van der Waals surface area (Å²) in [7, 11) is 0. The van der Waals surface area contributed by atoms with Crippen LogP contribution in [0.4, 0.5) is 11.4 Å². The Morgan fingerprint density at radius 3 is 2.30 bits per heavy atom. The fourth-order valence-corrected chi connectivity index (χ4v) is 1.57. The van der Waals surface area contributed by atoms with Gasteiger partial charge in [0.05, 0.1) is 16.3 Å². The summed E-state index contributed by atoms with van der Waals surface area (Å²) in [6.45, 7) is 1.82. The fraction of sp³-hybridized carbons (Fsp3) is 0.0714. The van der Waals surface area contributed by atoms with E-state index in [4.69, 9.17) is 0 Å². The number of benzene rings is 2. The first kappa shape index (κ1) is 13.5. The number of nitro benzene ring substituents is 1. The first-order valence-corrected chi connectivity index (χ1v) is 5.90. The maximum Gasteiger partial charge on any atom is 0.269 e. The number of nitrogens with one attached hydrogen (secondary N) is 1. The first-order valence-electron chi connectivity index (χ1n) is 5.90. The van der Waals surface area contributed by atoms with Gasteiger partial charge < -0.3 is 5.11 Å². The van der Waals surface area contributed by atoms with Crippen molar-refractivity contribution >= 4 is 17.1 Å². The lowest BCUT2D eigenvalue weighted by Gasteiger charge is -2.03. The van der Waals surface area contributed by atoms with Crippen LogP contribution in [0.2, 0.25) is 0 Å². The Hall–Kier alpha value is -2.89. The summed E-state index contributed by atoms with van der Waals surface area (Å²) in [6, 6.07) is 12.7. The molecular formula is C14H13N3O3. The van der Waals surface area contributed by atoms with Gasteiger partial charge in [-0.05, 0) is 48.9 Å². The number of phenolic OH excluding ortho intramolecular Hbond substituents is 1. The number of anilines is 1. The molecule has 0 aliphatic heterocycles. The second-order valence-electron chi connectivity index (χ2n) is 4.16. The molecule has 2 rings (SSSR count). The number of hydrogen-bond donors (Lipinski definition) is 2. The molecule has 0 aliphatic rings. The molecule has 0 aromatic heterocycles. The monoisotopic (exact) mass is 271 g/mol. The maximum atomic E-state index is 10.5. The number of hydrogen-bond acceptors (Lipinski definition) is 5. The van der Waals surface area contributed by atoms with Crippen molar-refractivity contribution in [3.8, 4) is 5.75 Å². The lowest BCUT2D eigenvalue weighted by atomic mass is 10.1. The van der Waals surface area contributed by atoms with Crippen LogP contribution >= 0.6 is 0 Å². The van der Waals surface area contributed by atoms with Crippen LogP contribution in [0.3, 0.4) is 0 Å². The number of aromatic hydroxyl groups is 1. The van der Waals surface area contributed by atoms with Crippen LogP contribution in [-0.4, -0.2) is 15.7 Å². The van der Waals surface area contributed by atoms with E-state index in [1.165, 1.54) is 12.1 Å². The first-order chi connectivity index (χ1) is 9.56. The molecule has 2 aromatic carbocycles. The molecule has 0 saturated heterocycles. The predicted octanol–water partition coefficient (Wildman–Crippen LogP) is 3.14. The van der Waals surface area contributed by atoms with E-state index in [1.54, 1.807) is 36.4 Å². The molecule has 0 aliphatic carbocycles. The van der Waals surface area contributed by atoms with Crippen LogP contribution in [0, 0.1) is 10.1 Å². The van der Waals surface area contributed by atoms with Gasteiger partial charge in [0, 0.05) is 12.1 Å². The van der Waals surface area contributed by atoms with E-state index in [9.17, 15) is 15.2 Å². The Labute approximate surface area is 115 Å². The zero-order chi connectivity index (χ0) is 14.5. The van der Waals surface area contributed by atoms with Gasteiger partial charge in [0.2, 0.25) is 0 Å². The van der Waals surface area contributed by atoms with E-state index in [-0.39, 0.29) is 11.4 Å². The molecule has 0 heterocycles. The number of rotatable bonds is 4. The summed E-state index contributed by atoms with van der Waals surface area (Å²) in [5, 5.41) is 23.9. The van der Waals surface area contributed by atoms with Gasteiger partial charge in [0.1, 0.15) is 5.75 Å². The van der Waals surface area contributed by atoms with Gasteiger partial charge in [-0.15, -0.1) is 0 Å². The van der Waals surface area contributed by atoms with Gasteiger partial charge in [-0.3, -0.25) is 15.5 Å². The van der Waals surface area contributed by atoms with Crippen molar-refractivity contribution in [1.29, 1.82) is 0 Å². The van der Waals surface area contributed by atoms with Crippen molar-refractivity contribution in [3.63, 3.8) is 0 Å². The van der Waals surface area contributed by atoms with Crippen LogP contribution < -0.4 is 5.43 Å². The fourth-order valence-electron chi connectivity index (χ4n) is 1.57. The lowest BCUT2D eigenvalue weighted by Crippen LogP contribution is -1.99. The molecule has 2 aromatic rings. The molecular weight excluding hydrogens is 258 g/mol. The molecule has 0 fully saturated rings. The topological polar surface area (TPSA) is 87.8 Å². The van der Waals surface area contributed by atoms with Crippen molar-refractivity contribution in [3.05, 3.63) is 64.2 Å². The Morgan fingerprint density at radius 1 is 1.15 bits per heavy atom. The van der Waals surface area contributed by atoms with Crippen LogP contribution in [0.15, 0.2) is 53.6 Å². The van der Waals surface area contributed by atoms with Crippen LogP contribution in [0.25, 0.3) is 0 Å². The average Bonchev–Trinajstić information content (AvgIpc) is 2.46. The third-order valence-corrected chi connectivity index (χ3v) is 2.72. The number of nitro groups is 1. The Kier molecular flexibility index (Phi) is 3.95. The smallest absolute Gasteiger partial charge is 0.269 e. The molecule has 2 N–H and O–H groups in total. The minimum absolute atomic E-state index is 0.0368. The Morgan fingerprint density at radius 2 is 1.75 bits per heavy atom. The van der Waals surface area contributed by atoms with E-state index in [1.807, 2.05) is 6.92 Å². The molecule has 6 nitrogen and oxygen atoms in total. The third-order valence-electron chi connectivity index (χ3n) is 2.72.